The van der Waals surface area contributed by atoms with E-state index in [-0.39, 0.29) is 0 Å². The zero-order chi connectivity index (χ0) is 13.7. The molecule has 0 heterocycles. The van der Waals surface area contributed by atoms with Gasteiger partial charge in [-0.3, -0.25) is 0 Å². The largest absolute Gasteiger partial charge is 0.489 e. The molecule has 0 aromatic heterocycles. The van der Waals surface area contributed by atoms with Crippen LogP contribution >= 0.6 is 11.6 Å². The van der Waals surface area contributed by atoms with Crippen LogP contribution in [0.5, 0.6) is 5.75 Å². The lowest BCUT2D eigenvalue weighted by atomic mass is 9.87. The lowest BCUT2D eigenvalue weighted by Gasteiger charge is -2.26. The molecule has 2 rings (SSSR count). The highest BCUT2D eigenvalue weighted by Gasteiger charge is 2.19. The van der Waals surface area contributed by atoms with E-state index in [2.05, 4.69) is 30.4 Å². The number of halogens is 1. The average Bonchev–Trinajstić information content (AvgIpc) is 2.45. The Balaban J connectivity index is 2.10. The van der Waals surface area contributed by atoms with E-state index in [1.54, 1.807) is 5.54 Å². The molecule has 2 nitrogen and oxygen atoms in total. The van der Waals surface area contributed by atoms with Gasteiger partial charge in [-0.1, -0.05) is 24.6 Å². The van der Waals surface area contributed by atoms with Crippen LogP contribution in [0.4, 0.5) is 0 Å². The Kier molecular flexibility index (Phi) is 5.29. The first-order valence-electron chi connectivity index (χ1n) is 6.99. The van der Waals surface area contributed by atoms with Crippen molar-refractivity contribution >= 4 is 11.6 Å². The quantitative estimate of drug-likeness (QED) is 0.872. The second-order valence-corrected chi connectivity index (χ2v) is 5.33. The van der Waals surface area contributed by atoms with Gasteiger partial charge in [-0.05, 0) is 61.6 Å². The standard InChI is InChI=1S/C16H22ClNO/c1-3-18-16-6-4-5-13-9-14(7-8-15(13)16)19-11-12(2)10-17/h7-10,16,18H,3-6,11H2,1-2H3/b12-10+. The van der Waals surface area contributed by atoms with E-state index in [1.165, 1.54) is 24.0 Å². The number of benzene rings is 1. The third kappa shape index (κ3) is 3.74. The van der Waals surface area contributed by atoms with E-state index < -0.39 is 0 Å². The molecule has 0 radical (unpaired) electrons. The first-order valence-corrected chi connectivity index (χ1v) is 7.43. The highest BCUT2D eigenvalue weighted by atomic mass is 35.5. The Bertz CT molecular complexity index is 456. The van der Waals surface area contributed by atoms with Gasteiger partial charge in [0.25, 0.3) is 0 Å². The molecular weight excluding hydrogens is 258 g/mol. The fourth-order valence-electron chi connectivity index (χ4n) is 2.57. The van der Waals surface area contributed by atoms with E-state index in [0.29, 0.717) is 12.6 Å². The highest BCUT2D eigenvalue weighted by molar-refractivity contribution is 6.25. The lowest BCUT2D eigenvalue weighted by Crippen LogP contribution is -2.24. The van der Waals surface area contributed by atoms with Crippen LogP contribution in [-0.4, -0.2) is 13.2 Å². The number of nitrogens with one attached hydrogen (secondary N) is 1. The maximum Gasteiger partial charge on any atom is 0.120 e. The van der Waals surface area contributed by atoms with Crippen LogP contribution in [0.25, 0.3) is 0 Å². The number of hydrogen-bond acceptors (Lipinski definition) is 2. The van der Waals surface area contributed by atoms with Gasteiger partial charge >= 0.3 is 0 Å². The van der Waals surface area contributed by atoms with Crippen molar-refractivity contribution in [3.63, 3.8) is 0 Å². The molecule has 19 heavy (non-hydrogen) atoms. The molecule has 1 unspecified atom stereocenters. The van der Waals surface area contributed by atoms with Gasteiger partial charge in [-0.2, -0.15) is 0 Å². The summed E-state index contributed by atoms with van der Waals surface area (Å²) in [5.41, 5.74) is 5.46. The molecular formula is C16H22ClNO. The van der Waals surface area contributed by atoms with Gasteiger partial charge in [0, 0.05) is 11.6 Å². The number of aryl methyl sites for hydroxylation is 1. The van der Waals surface area contributed by atoms with Crippen LogP contribution in [0.15, 0.2) is 29.3 Å². The summed E-state index contributed by atoms with van der Waals surface area (Å²) in [5, 5.41) is 3.55. The third-order valence-electron chi connectivity index (χ3n) is 3.53. The molecule has 1 atom stereocenters. The minimum atomic E-state index is 0.507. The summed E-state index contributed by atoms with van der Waals surface area (Å²) in [4.78, 5) is 0. The van der Waals surface area contributed by atoms with Crippen LogP contribution in [-0.2, 0) is 6.42 Å². The number of hydrogen-bond donors (Lipinski definition) is 1. The molecule has 0 fully saturated rings. The SMILES string of the molecule is CCNC1CCCc2cc(OC/C(C)=C/Cl)ccc21. The van der Waals surface area contributed by atoms with Gasteiger partial charge in [-0.25, -0.2) is 0 Å². The lowest BCUT2D eigenvalue weighted by molar-refractivity contribution is 0.351. The van der Waals surface area contributed by atoms with E-state index in [4.69, 9.17) is 16.3 Å². The third-order valence-corrected chi connectivity index (χ3v) is 3.90. The molecule has 104 valence electrons. The van der Waals surface area contributed by atoms with Gasteiger partial charge in [-0.15, -0.1) is 0 Å². The van der Waals surface area contributed by atoms with E-state index in [0.717, 1.165) is 24.3 Å². The topological polar surface area (TPSA) is 21.3 Å². The van der Waals surface area contributed by atoms with Gasteiger partial charge in [0.1, 0.15) is 12.4 Å². The second kappa shape index (κ2) is 6.97. The van der Waals surface area contributed by atoms with Crippen molar-refractivity contribution < 1.29 is 4.74 Å². The Morgan fingerprint density at radius 3 is 3.11 bits per heavy atom. The smallest absolute Gasteiger partial charge is 0.120 e. The van der Waals surface area contributed by atoms with Crippen molar-refractivity contribution in [3.8, 4) is 5.75 Å². The Morgan fingerprint density at radius 1 is 1.53 bits per heavy atom. The monoisotopic (exact) mass is 279 g/mol. The van der Waals surface area contributed by atoms with Crippen molar-refractivity contribution in [2.24, 2.45) is 0 Å². The summed E-state index contributed by atoms with van der Waals surface area (Å²) in [7, 11) is 0. The van der Waals surface area contributed by atoms with E-state index >= 15 is 0 Å². The average molecular weight is 280 g/mol. The predicted molar refractivity (Wildman–Crippen MR) is 80.9 cm³/mol. The molecule has 0 bridgehead atoms. The molecule has 1 aliphatic carbocycles. The van der Waals surface area contributed by atoms with Gasteiger partial charge in [0.2, 0.25) is 0 Å². The zero-order valence-corrected chi connectivity index (χ0v) is 12.5. The van der Waals surface area contributed by atoms with Gasteiger partial charge in [0.15, 0.2) is 0 Å². The predicted octanol–water partition coefficient (Wildman–Crippen LogP) is 4.19. The van der Waals surface area contributed by atoms with Gasteiger partial charge < -0.3 is 10.1 Å². The molecule has 0 aliphatic heterocycles. The number of rotatable bonds is 5. The van der Waals surface area contributed by atoms with Crippen LogP contribution in [0.3, 0.4) is 0 Å². The van der Waals surface area contributed by atoms with Crippen LogP contribution < -0.4 is 10.1 Å². The molecule has 0 spiro atoms. The van der Waals surface area contributed by atoms with Crippen molar-refractivity contribution in [3.05, 3.63) is 40.4 Å². The first-order chi connectivity index (χ1) is 9.24. The summed E-state index contributed by atoms with van der Waals surface area (Å²) in [5.74, 6) is 0.939. The molecule has 1 aliphatic rings. The maximum absolute atomic E-state index is 5.75. The van der Waals surface area contributed by atoms with E-state index in [1.807, 2.05) is 6.92 Å². The van der Waals surface area contributed by atoms with Gasteiger partial charge in [0.05, 0.1) is 0 Å². The van der Waals surface area contributed by atoms with Crippen molar-refractivity contribution in [2.75, 3.05) is 13.2 Å². The second-order valence-electron chi connectivity index (χ2n) is 5.11. The summed E-state index contributed by atoms with van der Waals surface area (Å²) < 4.78 is 5.75. The van der Waals surface area contributed by atoms with Crippen molar-refractivity contribution in [1.29, 1.82) is 0 Å². The number of fused-ring (bicyclic) bond motifs is 1. The molecule has 0 amide bonds. The molecule has 1 aromatic carbocycles. The van der Waals surface area contributed by atoms with Crippen LogP contribution in [0, 0.1) is 0 Å². The van der Waals surface area contributed by atoms with E-state index in [9.17, 15) is 0 Å². The first kappa shape index (κ1) is 14.4. The Labute approximate surface area is 120 Å². The summed E-state index contributed by atoms with van der Waals surface area (Å²) >= 11 is 5.64. The fourth-order valence-corrected chi connectivity index (χ4v) is 2.63. The Hall–Kier alpha value is -0.990. The number of ether oxygens (including phenoxy) is 1. The molecule has 1 N–H and O–H groups in total. The minimum absolute atomic E-state index is 0.507. The van der Waals surface area contributed by atoms with Crippen LogP contribution in [0.2, 0.25) is 0 Å². The maximum atomic E-state index is 5.75. The Morgan fingerprint density at radius 2 is 2.37 bits per heavy atom. The molecule has 3 heteroatoms. The fraction of sp³-hybridized carbons (Fsp3) is 0.500. The highest BCUT2D eigenvalue weighted by Crippen LogP contribution is 2.32. The summed E-state index contributed by atoms with van der Waals surface area (Å²) in [6.45, 7) is 5.70. The minimum Gasteiger partial charge on any atom is -0.489 e. The summed E-state index contributed by atoms with van der Waals surface area (Å²) in [6.07, 6.45) is 3.63. The summed E-state index contributed by atoms with van der Waals surface area (Å²) in [6, 6.07) is 6.96. The normalized spacial score (nSPS) is 19.1. The van der Waals surface area contributed by atoms with Crippen molar-refractivity contribution in [1.82, 2.24) is 5.32 Å². The molecule has 1 aromatic rings. The molecule has 0 saturated heterocycles. The van der Waals surface area contributed by atoms with Crippen LogP contribution in [0.1, 0.15) is 43.9 Å². The van der Waals surface area contributed by atoms with Crippen molar-refractivity contribution in [2.45, 2.75) is 39.2 Å². The zero-order valence-electron chi connectivity index (χ0n) is 11.7. The molecule has 0 saturated carbocycles.